The summed E-state index contributed by atoms with van der Waals surface area (Å²) in [7, 11) is 0. The van der Waals surface area contributed by atoms with Crippen LogP contribution in [-0.2, 0) is 47.7 Å². The van der Waals surface area contributed by atoms with E-state index in [1.807, 2.05) is 54.5 Å². The fourth-order valence-corrected chi connectivity index (χ4v) is 8.57. The zero-order valence-corrected chi connectivity index (χ0v) is 29.8. The molecular formula is C36H56O11. The van der Waals surface area contributed by atoms with Crippen molar-refractivity contribution in [2.24, 2.45) is 34.5 Å². The molecule has 2 saturated carbocycles. The van der Waals surface area contributed by atoms with E-state index in [2.05, 4.69) is 0 Å². The van der Waals surface area contributed by atoms with Crippen LogP contribution < -0.4 is 0 Å². The van der Waals surface area contributed by atoms with Gasteiger partial charge in [-0.25, -0.2) is 0 Å². The molecule has 0 amide bonds. The molecular weight excluding hydrogens is 608 g/mol. The first kappa shape index (κ1) is 38.5. The fraction of sp³-hybridized carbons (Fsp3) is 0.806. The van der Waals surface area contributed by atoms with Gasteiger partial charge in [-0.1, -0.05) is 54.5 Å². The summed E-state index contributed by atoms with van der Waals surface area (Å²) in [6.45, 7) is 17.7. The lowest BCUT2D eigenvalue weighted by molar-refractivity contribution is -0.225. The Morgan fingerprint density at radius 3 is 1.79 bits per heavy atom. The topological polar surface area (TPSA) is 152 Å². The maximum Gasteiger partial charge on any atom is 0.306 e. The Morgan fingerprint density at radius 1 is 0.787 bits per heavy atom. The number of ether oxygens (including phenoxy) is 5. The Labute approximate surface area is 279 Å². The first-order chi connectivity index (χ1) is 22.0. The molecule has 11 heteroatoms. The molecule has 0 aliphatic heterocycles. The zero-order valence-electron chi connectivity index (χ0n) is 29.8. The predicted octanol–water partition coefficient (Wildman–Crippen LogP) is 5.24. The van der Waals surface area contributed by atoms with Gasteiger partial charge in [0.15, 0.2) is 6.10 Å². The summed E-state index contributed by atoms with van der Waals surface area (Å²) < 4.78 is 30.5. The van der Waals surface area contributed by atoms with E-state index in [0.717, 1.165) is 0 Å². The first-order valence-electron chi connectivity index (χ1n) is 17.3. The maximum atomic E-state index is 13.3. The highest BCUT2D eigenvalue weighted by atomic mass is 16.6. The van der Waals surface area contributed by atoms with Crippen molar-refractivity contribution in [3.05, 3.63) is 11.6 Å². The SMILES string of the molecule is CCCC(=O)O[C@@H]1[C@H](C(C)C)[C@@H]2[C@H]3C=C(C)[C@H](O)[C@H](OC(C)=O)[C@@H](OC(C)=O)[C@]3(C)C[C@H](OC(=O)CCC)[C@]2(C)[C@H]1OC(=O)CCC. The van der Waals surface area contributed by atoms with Gasteiger partial charge in [-0.2, -0.15) is 0 Å². The highest BCUT2D eigenvalue weighted by molar-refractivity contribution is 5.72. The molecule has 0 radical (unpaired) electrons. The molecule has 2 fully saturated rings. The molecule has 0 saturated heterocycles. The van der Waals surface area contributed by atoms with Gasteiger partial charge in [0.05, 0.1) is 0 Å². The Hall–Kier alpha value is -2.95. The number of aliphatic hydroxyl groups is 1. The highest BCUT2D eigenvalue weighted by Gasteiger charge is 2.74. The number of fused-ring (bicyclic) bond motifs is 3. The van der Waals surface area contributed by atoms with Gasteiger partial charge in [-0.05, 0) is 55.9 Å². The van der Waals surface area contributed by atoms with Crippen molar-refractivity contribution < 1.29 is 52.8 Å². The van der Waals surface area contributed by atoms with Crippen LogP contribution in [0, 0.1) is 34.5 Å². The second kappa shape index (κ2) is 15.5. The minimum absolute atomic E-state index is 0.110. The van der Waals surface area contributed by atoms with Crippen molar-refractivity contribution >= 4 is 29.8 Å². The molecule has 11 atom stereocenters. The van der Waals surface area contributed by atoms with Gasteiger partial charge in [0.25, 0.3) is 0 Å². The fourth-order valence-electron chi connectivity index (χ4n) is 8.57. The Balaban J connectivity index is 2.40. The maximum absolute atomic E-state index is 13.3. The van der Waals surface area contributed by atoms with Gasteiger partial charge < -0.3 is 28.8 Å². The van der Waals surface area contributed by atoms with Crippen LogP contribution in [0.1, 0.15) is 114 Å². The number of allylic oxidation sites excluding steroid dienone is 1. The third-order valence-electron chi connectivity index (χ3n) is 10.6. The van der Waals surface area contributed by atoms with Crippen LogP contribution >= 0.6 is 0 Å². The standard InChI is InChI=1S/C36H56O11/c1-11-14-25(39)45-24-18-35(9)23(17-20(6)30(42)32(43-21(7)37)33(35)44-22(8)38)29-28(19(4)5)31(46-26(40)15-12-2)34(36(24,29)10)47-27(41)16-13-3/h17,19,23-24,28-34,42H,11-16,18H2,1-10H3/t23-,24+,28-,29+,30+,31-,32+,33-,34+,35-,36+/m1/s1. The van der Waals surface area contributed by atoms with E-state index >= 15 is 0 Å². The summed E-state index contributed by atoms with van der Waals surface area (Å²) in [5.41, 5.74) is -1.61. The van der Waals surface area contributed by atoms with E-state index in [9.17, 15) is 29.1 Å². The second-order valence-electron chi connectivity index (χ2n) is 14.5. The molecule has 0 aromatic rings. The average Bonchev–Trinajstić information content (AvgIpc) is 3.17. The third kappa shape index (κ3) is 7.70. The molecule has 3 aliphatic carbocycles. The van der Waals surface area contributed by atoms with E-state index in [0.29, 0.717) is 24.8 Å². The molecule has 0 aromatic carbocycles. The summed E-state index contributed by atoms with van der Waals surface area (Å²) in [6, 6.07) is 0. The molecule has 0 spiro atoms. The minimum Gasteiger partial charge on any atom is -0.462 e. The summed E-state index contributed by atoms with van der Waals surface area (Å²) in [5, 5.41) is 11.6. The summed E-state index contributed by atoms with van der Waals surface area (Å²) in [4.78, 5) is 64.8. The van der Waals surface area contributed by atoms with Crippen LogP contribution in [0.2, 0.25) is 0 Å². The quantitative estimate of drug-likeness (QED) is 0.166. The number of esters is 5. The van der Waals surface area contributed by atoms with Crippen LogP contribution in [0.4, 0.5) is 0 Å². The highest BCUT2D eigenvalue weighted by Crippen LogP contribution is 2.67. The third-order valence-corrected chi connectivity index (χ3v) is 10.6. The molecule has 11 nitrogen and oxygen atoms in total. The lowest BCUT2D eigenvalue weighted by Gasteiger charge is -2.58. The Bertz CT molecular complexity index is 1210. The van der Waals surface area contributed by atoms with E-state index in [-0.39, 0.29) is 31.6 Å². The monoisotopic (exact) mass is 664 g/mol. The van der Waals surface area contributed by atoms with Crippen LogP contribution in [0.15, 0.2) is 11.6 Å². The van der Waals surface area contributed by atoms with Crippen molar-refractivity contribution in [2.75, 3.05) is 0 Å². The van der Waals surface area contributed by atoms with Crippen LogP contribution in [0.5, 0.6) is 0 Å². The van der Waals surface area contributed by atoms with E-state index in [4.69, 9.17) is 23.7 Å². The van der Waals surface area contributed by atoms with E-state index < -0.39 is 95.1 Å². The minimum atomic E-state index is -1.30. The number of carbonyl (C=O) groups excluding carboxylic acids is 5. The number of rotatable bonds is 12. The molecule has 0 heterocycles. The number of hydrogen-bond donors (Lipinski definition) is 1. The predicted molar refractivity (Wildman–Crippen MR) is 171 cm³/mol. The second-order valence-corrected chi connectivity index (χ2v) is 14.5. The lowest BCUT2D eigenvalue weighted by atomic mass is 9.49. The van der Waals surface area contributed by atoms with Crippen LogP contribution in [0.25, 0.3) is 0 Å². The van der Waals surface area contributed by atoms with Crippen molar-refractivity contribution in [3.8, 4) is 0 Å². The molecule has 47 heavy (non-hydrogen) atoms. The normalized spacial score (nSPS) is 36.3. The van der Waals surface area contributed by atoms with Crippen LogP contribution in [-0.4, -0.2) is 71.6 Å². The summed E-state index contributed by atoms with van der Waals surface area (Å²) in [5.74, 6) is -4.04. The number of aliphatic hydroxyl groups excluding tert-OH is 1. The summed E-state index contributed by atoms with van der Waals surface area (Å²) >= 11 is 0. The van der Waals surface area contributed by atoms with Gasteiger partial charge in [-0.3, -0.25) is 24.0 Å². The van der Waals surface area contributed by atoms with Gasteiger partial charge in [0, 0.05) is 49.9 Å². The Morgan fingerprint density at radius 2 is 1.30 bits per heavy atom. The molecule has 266 valence electrons. The lowest BCUT2D eigenvalue weighted by Crippen LogP contribution is -2.63. The molecule has 0 unspecified atom stereocenters. The molecule has 0 aromatic heterocycles. The smallest absolute Gasteiger partial charge is 0.306 e. The van der Waals surface area contributed by atoms with Gasteiger partial charge in [-0.15, -0.1) is 0 Å². The number of carbonyl (C=O) groups is 5. The average molecular weight is 665 g/mol. The zero-order chi connectivity index (χ0) is 35.4. The van der Waals surface area contributed by atoms with Gasteiger partial charge >= 0.3 is 29.8 Å². The summed E-state index contributed by atoms with van der Waals surface area (Å²) in [6.07, 6.45) is -2.16. The first-order valence-corrected chi connectivity index (χ1v) is 17.3. The molecule has 0 bridgehead atoms. The van der Waals surface area contributed by atoms with Crippen molar-refractivity contribution in [3.63, 3.8) is 0 Å². The molecule has 3 rings (SSSR count). The van der Waals surface area contributed by atoms with Crippen molar-refractivity contribution in [1.29, 1.82) is 0 Å². The van der Waals surface area contributed by atoms with Crippen LogP contribution in [0.3, 0.4) is 0 Å². The molecule has 1 N–H and O–H groups in total. The molecule has 3 aliphatic rings. The van der Waals surface area contributed by atoms with Crippen molar-refractivity contribution in [2.45, 2.75) is 151 Å². The largest absolute Gasteiger partial charge is 0.462 e. The van der Waals surface area contributed by atoms with E-state index in [1.165, 1.54) is 13.8 Å². The Kier molecular flexibility index (Phi) is 12.7. The van der Waals surface area contributed by atoms with Gasteiger partial charge in [0.1, 0.15) is 30.5 Å². The van der Waals surface area contributed by atoms with Gasteiger partial charge in [0.2, 0.25) is 0 Å². The van der Waals surface area contributed by atoms with E-state index in [1.54, 1.807) is 6.92 Å². The number of hydrogen-bond acceptors (Lipinski definition) is 11. The van der Waals surface area contributed by atoms with Crippen molar-refractivity contribution in [1.82, 2.24) is 0 Å².